The lowest BCUT2D eigenvalue weighted by atomic mass is 9.81. The van der Waals surface area contributed by atoms with Crippen molar-refractivity contribution in [2.24, 2.45) is 18.8 Å². The van der Waals surface area contributed by atoms with Gasteiger partial charge in [0.05, 0.1) is 28.6 Å². The first-order chi connectivity index (χ1) is 10.1. The number of aryl methyl sites for hydroxylation is 2. The van der Waals surface area contributed by atoms with E-state index in [1.165, 1.54) is 32.1 Å². The van der Waals surface area contributed by atoms with Crippen LogP contribution in [0.1, 0.15) is 43.5 Å². The summed E-state index contributed by atoms with van der Waals surface area (Å²) >= 11 is 6.36. The number of nitrogens with two attached hydrogens (primary N) is 1. The molecule has 1 aromatic heterocycles. The summed E-state index contributed by atoms with van der Waals surface area (Å²) in [7, 11) is 3.70. The molecule has 0 aromatic carbocycles. The molecule has 0 amide bonds. The molecular formula is C15H27ClN4O. The first-order valence-electron chi connectivity index (χ1n) is 7.75. The third kappa shape index (κ3) is 3.77. The highest BCUT2D eigenvalue weighted by atomic mass is 35.5. The monoisotopic (exact) mass is 314 g/mol. The van der Waals surface area contributed by atoms with E-state index < -0.39 is 0 Å². The Balaban J connectivity index is 2.13. The minimum atomic E-state index is 0.0467. The van der Waals surface area contributed by atoms with Crippen molar-refractivity contribution in [2.45, 2.75) is 57.6 Å². The second kappa shape index (κ2) is 7.58. The van der Waals surface area contributed by atoms with E-state index in [4.69, 9.17) is 22.2 Å². The summed E-state index contributed by atoms with van der Waals surface area (Å²) in [6, 6.07) is 0.0467. The zero-order chi connectivity index (χ0) is 15.4. The average molecular weight is 315 g/mol. The normalized spacial score (nSPS) is 19.7. The fraction of sp³-hybridized carbons (Fsp3) is 0.800. The molecule has 5 nitrogen and oxygen atoms in total. The molecule has 2 atom stereocenters. The largest absolute Gasteiger partial charge is 0.379 e. The Morgan fingerprint density at radius 1 is 1.43 bits per heavy atom. The topological polar surface area (TPSA) is 65.1 Å². The molecule has 1 fully saturated rings. The highest BCUT2D eigenvalue weighted by Crippen LogP contribution is 2.31. The van der Waals surface area contributed by atoms with Crippen LogP contribution in [0.5, 0.6) is 0 Å². The molecule has 0 aliphatic heterocycles. The first-order valence-corrected chi connectivity index (χ1v) is 8.13. The van der Waals surface area contributed by atoms with Gasteiger partial charge in [-0.05, 0) is 25.7 Å². The minimum Gasteiger partial charge on any atom is -0.379 e. The molecule has 1 heterocycles. The van der Waals surface area contributed by atoms with Crippen molar-refractivity contribution in [3.05, 3.63) is 16.4 Å². The number of methoxy groups -OCH3 is 1. The number of hydrogen-bond donors (Lipinski definition) is 2. The van der Waals surface area contributed by atoms with Crippen LogP contribution >= 0.6 is 11.6 Å². The summed E-state index contributed by atoms with van der Waals surface area (Å²) in [6.07, 6.45) is 7.17. The number of nitrogens with one attached hydrogen (secondary N) is 1. The maximum Gasteiger partial charge on any atom is 0.0847 e. The molecule has 0 bridgehead atoms. The second-order valence-electron chi connectivity index (χ2n) is 6.05. The van der Waals surface area contributed by atoms with Gasteiger partial charge in [0.2, 0.25) is 0 Å². The van der Waals surface area contributed by atoms with Crippen molar-refractivity contribution in [1.29, 1.82) is 0 Å². The Kier molecular flexibility index (Phi) is 6.05. The second-order valence-corrected chi connectivity index (χ2v) is 6.42. The molecule has 1 aliphatic rings. The molecule has 1 aliphatic carbocycles. The summed E-state index contributed by atoms with van der Waals surface area (Å²) in [5.41, 5.74) is 4.80. The lowest BCUT2D eigenvalue weighted by Gasteiger charge is -2.34. The van der Waals surface area contributed by atoms with Crippen molar-refractivity contribution in [3.63, 3.8) is 0 Å². The molecule has 6 heteroatoms. The number of hydrogen-bond acceptors (Lipinski definition) is 4. The van der Waals surface area contributed by atoms with Crippen LogP contribution in [0.25, 0.3) is 0 Å². The molecule has 2 unspecified atom stereocenters. The van der Waals surface area contributed by atoms with Gasteiger partial charge in [-0.25, -0.2) is 0 Å². The highest BCUT2D eigenvalue weighted by Gasteiger charge is 2.31. The van der Waals surface area contributed by atoms with Crippen molar-refractivity contribution in [1.82, 2.24) is 15.2 Å². The van der Waals surface area contributed by atoms with E-state index in [9.17, 15) is 0 Å². The number of hydrazine groups is 1. The van der Waals surface area contributed by atoms with Gasteiger partial charge in [0.25, 0.3) is 0 Å². The Hall–Kier alpha value is -0.620. The predicted molar refractivity (Wildman–Crippen MR) is 85.1 cm³/mol. The summed E-state index contributed by atoms with van der Waals surface area (Å²) in [6.45, 7) is 1.92. The summed E-state index contributed by atoms with van der Waals surface area (Å²) in [5.74, 6) is 6.38. The fourth-order valence-corrected chi connectivity index (χ4v) is 3.77. The van der Waals surface area contributed by atoms with Gasteiger partial charge in [0.1, 0.15) is 0 Å². The maximum absolute atomic E-state index is 6.36. The number of halogens is 1. The van der Waals surface area contributed by atoms with Crippen LogP contribution in [-0.2, 0) is 18.2 Å². The Morgan fingerprint density at radius 2 is 2.10 bits per heavy atom. The highest BCUT2D eigenvalue weighted by molar-refractivity contribution is 6.31. The maximum atomic E-state index is 6.36. The average Bonchev–Trinajstić information content (AvgIpc) is 2.74. The van der Waals surface area contributed by atoms with E-state index in [0.29, 0.717) is 5.92 Å². The lowest BCUT2D eigenvalue weighted by molar-refractivity contribution is 0.00786. The number of ether oxygens (including phenoxy) is 1. The number of aromatic nitrogens is 2. The molecule has 3 N–H and O–H groups in total. The van der Waals surface area contributed by atoms with Crippen LogP contribution in [0.4, 0.5) is 0 Å². The number of nitrogens with zero attached hydrogens (tertiary/aromatic N) is 2. The SMILES string of the molecule is COC(C1CCCCC1)C(Cc1c(Cl)c(C)nn1C)NN. The van der Waals surface area contributed by atoms with Crippen molar-refractivity contribution >= 4 is 11.6 Å². The zero-order valence-electron chi connectivity index (χ0n) is 13.2. The molecule has 2 rings (SSSR count). The van der Waals surface area contributed by atoms with Crippen LogP contribution < -0.4 is 11.3 Å². The lowest BCUT2D eigenvalue weighted by Crippen LogP contribution is -2.50. The molecule has 0 spiro atoms. The van der Waals surface area contributed by atoms with E-state index in [1.807, 2.05) is 18.7 Å². The minimum absolute atomic E-state index is 0.0467. The van der Waals surface area contributed by atoms with Crippen molar-refractivity contribution < 1.29 is 4.74 Å². The van der Waals surface area contributed by atoms with E-state index in [2.05, 4.69) is 10.5 Å². The van der Waals surface area contributed by atoms with Gasteiger partial charge >= 0.3 is 0 Å². The molecule has 120 valence electrons. The molecule has 1 saturated carbocycles. The van der Waals surface area contributed by atoms with Gasteiger partial charge in [-0.1, -0.05) is 30.9 Å². The van der Waals surface area contributed by atoms with Crippen LogP contribution in [0.15, 0.2) is 0 Å². The first kappa shape index (κ1) is 16.7. The summed E-state index contributed by atoms with van der Waals surface area (Å²) in [5, 5.41) is 5.10. The van der Waals surface area contributed by atoms with Crippen molar-refractivity contribution in [3.8, 4) is 0 Å². The van der Waals surface area contributed by atoms with Gasteiger partial charge in [-0.15, -0.1) is 0 Å². The predicted octanol–water partition coefficient (Wildman–Crippen LogP) is 2.35. The summed E-state index contributed by atoms with van der Waals surface area (Å²) < 4.78 is 7.63. The number of rotatable bonds is 6. The van der Waals surface area contributed by atoms with Gasteiger partial charge in [-0.3, -0.25) is 16.0 Å². The van der Waals surface area contributed by atoms with Crippen molar-refractivity contribution in [2.75, 3.05) is 7.11 Å². The fourth-order valence-electron chi connectivity index (χ4n) is 3.53. The molecule has 21 heavy (non-hydrogen) atoms. The standard InChI is InChI=1S/C15H27ClN4O/c1-10-14(16)13(20(2)19-10)9-12(18-17)15(21-3)11-7-5-4-6-8-11/h11-12,15,18H,4-9,17H2,1-3H3. The van der Waals surface area contributed by atoms with Crippen LogP contribution in [0.3, 0.4) is 0 Å². The smallest absolute Gasteiger partial charge is 0.0847 e. The third-order valence-electron chi connectivity index (χ3n) is 4.67. The van der Waals surface area contributed by atoms with E-state index in [-0.39, 0.29) is 12.1 Å². The third-order valence-corrected chi connectivity index (χ3v) is 5.16. The van der Waals surface area contributed by atoms with Gasteiger partial charge in [0.15, 0.2) is 0 Å². The summed E-state index contributed by atoms with van der Waals surface area (Å²) in [4.78, 5) is 0. The Labute approximate surface area is 132 Å². The quantitative estimate of drug-likeness (QED) is 0.625. The molecule has 0 saturated heterocycles. The van der Waals surface area contributed by atoms with Gasteiger partial charge < -0.3 is 4.74 Å². The van der Waals surface area contributed by atoms with Gasteiger partial charge in [-0.2, -0.15) is 5.10 Å². The Morgan fingerprint density at radius 3 is 2.57 bits per heavy atom. The molecular weight excluding hydrogens is 288 g/mol. The zero-order valence-corrected chi connectivity index (χ0v) is 14.0. The molecule has 1 aromatic rings. The van der Waals surface area contributed by atoms with E-state index in [1.54, 1.807) is 7.11 Å². The van der Waals surface area contributed by atoms with Crippen LogP contribution in [0, 0.1) is 12.8 Å². The van der Waals surface area contributed by atoms with E-state index in [0.717, 1.165) is 22.8 Å². The van der Waals surface area contributed by atoms with Crippen LogP contribution in [0.2, 0.25) is 5.02 Å². The van der Waals surface area contributed by atoms with E-state index >= 15 is 0 Å². The van der Waals surface area contributed by atoms with Crippen LogP contribution in [-0.4, -0.2) is 29.0 Å². The Bertz CT molecular complexity index is 457. The molecule has 0 radical (unpaired) electrons. The van der Waals surface area contributed by atoms with Gasteiger partial charge in [0, 0.05) is 20.6 Å².